The zero-order valence-corrected chi connectivity index (χ0v) is 15.8. The van der Waals surface area contributed by atoms with E-state index in [9.17, 15) is 14.7 Å². The van der Waals surface area contributed by atoms with Crippen molar-refractivity contribution in [3.05, 3.63) is 0 Å². The molecule has 0 aromatic heterocycles. The van der Waals surface area contributed by atoms with Crippen molar-refractivity contribution in [1.82, 2.24) is 9.80 Å². The lowest BCUT2D eigenvalue weighted by atomic mass is 9.94. The summed E-state index contributed by atoms with van der Waals surface area (Å²) in [7, 11) is 0. The van der Waals surface area contributed by atoms with Crippen molar-refractivity contribution < 1.29 is 24.2 Å². The van der Waals surface area contributed by atoms with E-state index >= 15 is 0 Å². The highest BCUT2D eigenvalue weighted by atomic mass is 16.5. The van der Waals surface area contributed by atoms with Gasteiger partial charge in [0.25, 0.3) is 0 Å². The SMILES string of the molecule is CCC(=O)N1C[C@@H](O)COC[C@H]2O[C@@H](CC(=O)N3CCCCC3)CC[C@@H]21. The molecule has 2 amide bonds. The predicted molar refractivity (Wildman–Crippen MR) is 95.6 cm³/mol. The van der Waals surface area contributed by atoms with Crippen LogP contribution in [-0.2, 0) is 19.1 Å². The molecule has 0 bridgehead atoms. The van der Waals surface area contributed by atoms with Gasteiger partial charge in [0.15, 0.2) is 0 Å². The molecule has 3 heterocycles. The number of nitrogens with zero attached hydrogens (tertiary/aromatic N) is 2. The highest BCUT2D eigenvalue weighted by Crippen LogP contribution is 2.28. The molecule has 0 spiro atoms. The molecule has 3 aliphatic heterocycles. The Balaban J connectivity index is 1.60. The second kappa shape index (κ2) is 9.15. The van der Waals surface area contributed by atoms with Gasteiger partial charge in [-0.15, -0.1) is 0 Å². The van der Waals surface area contributed by atoms with Gasteiger partial charge in [0.05, 0.1) is 37.9 Å². The number of piperidine rings is 1. The Morgan fingerprint density at radius 1 is 1.08 bits per heavy atom. The van der Waals surface area contributed by atoms with Crippen LogP contribution in [0.3, 0.4) is 0 Å². The fourth-order valence-electron chi connectivity index (χ4n) is 4.30. The van der Waals surface area contributed by atoms with Gasteiger partial charge < -0.3 is 24.4 Å². The van der Waals surface area contributed by atoms with E-state index in [2.05, 4.69) is 0 Å². The van der Waals surface area contributed by atoms with Crippen molar-refractivity contribution >= 4 is 11.8 Å². The Morgan fingerprint density at radius 2 is 1.85 bits per heavy atom. The number of carbonyl (C=O) groups is 2. The van der Waals surface area contributed by atoms with E-state index in [0.717, 1.165) is 38.8 Å². The van der Waals surface area contributed by atoms with Crippen molar-refractivity contribution in [3.63, 3.8) is 0 Å². The minimum absolute atomic E-state index is 0.0346. The molecule has 7 heteroatoms. The third-order valence-corrected chi connectivity index (χ3v) is 5.71. The molecule has 3 aliphatic rings. The summed E-state index contributed by atoms with van der Waals surface area (Å²) in [6.07, 6.45) is 4.74. The average Bonchev–Trinajstić information content (AvgIpc) is 2.65. The van der Waals surface area contributed by atoms with Gasteiger partial charge in [0.2, 0.25) is 11.8 Å². The molecular weight excluding hydrogens is 336 g/mol. The van der Waals surface area contributed by atoms with Crippen molar-refractivity contribution in [3.8, 4) is 0 Å². The smallest absolute Gasteiger partial charge is 0.225 e. The first kappa shape index (κ1) is 19.6. The summed E-state index contributed by atoms with van der Waals surface area (Å²) in [6.45, 7) is 4.40. The van der Waals surface area contributed by atoms with E-state index in [-0.39, 0.29) is 43.2 Å². The van der Waals surface area contributed by atoms with Crippen molar-refractivity contribution in [1.29, 1.82) is 0 Å². The summed E-state index contributed by atoms with van der Waals surface area (Å²) in [5, 5.41) is 10.0. The lowest BCUT2D eigenvalue weighted by Gasteiger charge is -2.44. The minimum atomic E-state index is -0.662. The number of β-amino-alcohol motifs (C(OH)–C–C–N with tert-alkyl or cyclic N) is 1. The van der Waals surface area contributed by atoms with E-state index < -0.39 is 6.10 Å². The Morgan fingerprint density at radius 3 is 2.58 bits per heavy atom. The number of ether oxygens (including phenoxy) is 2. The summed E-state index contributed by atoms with van der Waals surface area (Å²) < 4.78 is 11.8. The molecule has 0 aromatic carbocycles. The van der Waals surface area contributed by atoms with Crippen LogP contribution < -0.4 is 0 Å². The summed E-state index contributed by atoms with van der Waals surface area (Å²) >= 11 is 0. The number of amides is 2. The van der Waals surface area contributed by atoms with Gasteiger partial charge in [-0.1, -0.05) is 6.92 Å². The molecule has 0 unspecified atom stereocenters. The fourth-order valence-corrected chi connectivity index (χ4v) is 4.30. The standard InChI is InChI=1S/C19H32N2O5/c1-2-18(23)21-11-14(22)12-25-13-17-16(21)7-6-15(26-17)10-19(24)20-8-4-3-5-9-20/h14-17,22H,2-13H2,1H3/t14-,15-,16+,17-/m1/s1. The zero-order valence-electron chi connectivity index (χ0n) is 15.8. The van der Waals surface area contributed by atoms with Crippen LogP contribution >= 0.6 is 0 Å². The van der Waals surface area contributed by atoms with Crippen LogP contribution in [0.2, 0.25) is 0 Å². The molecule has 3 fully saturated rings. The van der Waals surface area contributed by atoms with Crippen molar-refractivity contribution in [2.45, 2.75) is 76.2 Å². The van der Waals surface area contributed by atoms with E-state index in [4.69, 9.17) is 9.47 Å². The van der Waals surface area contributed by atoms with Gasteiger partial charge in [0, 0.05) is 26.1 Å². The summed E-state index contributed by atoms with van der Waals surface area (Å²) in [5.74, 6) is 0.212. The number of likely N-dealkylation sites (tertiary alicyclic amines) is 1. The van der Waals surface area contributed by atoms with Crippen LogP contribution in [0.4, 0.5) is 0 Å². The number of hydrogen-bond donors (Lipinski definition) is 1. The highest BCUT2D eigenvalue weighted by molar-refractivity contribution is 5.77. The highest BCUT2D eigenvalue weighted by Gasteiger charge is 2.39. The Labute approximate surface area is 155 Å². The number of hydrogen-bond acceptors (Lipinski definition) is 5. The number of fused-ring (bicyclic) bond motifs is 1. The van der Waals surface area contributed by atoms with E-state index in [1.54, 1.807) is 4.90 Å². The van der Waals surface area contributed by atoms with Crippen LogP contribution in [0.1, 0.15) is 51.9 Å². The maximum Gasteiger partial charge on any atom is 0.225 e. The van der Waals surface area contributed by atoms with Crippen molar-refractivity contribution in [2.24, 2.45) is 0 Å². The Hall–Kier alpha value is -1.18. The van der Waals surface area contributed by atoms with Crippen LogP contribution in [0, 0.1) is 0 Å². The largest absolute Gasteiger partial charge is 0.389 e. The Bertz CT molecular complexity index is 494. The zero-order chi connectivity index (χ0) is 18.5. The van der Waals surface area contributed by atoms with E-state index in [1.165, 1.54) is 6.42 Å². The molecule has 0 saturated carbocycles. The first-order valence-corrected chi connectivity index (χ1v) is 10.1. The monoisotopic (exact) mass is 368 g/mol. The quantitative estimate of drug-likeness (QED) is 0.802. The maximum atomic E-state index is 12.5. The number of carbonyl (C=O) groups excluding carboxylic acids is 2. The summed E-state index contributed by atoms with van der Waals surface area (Å²) in [5.41, 5.74) is 0. The minimum Gasteiger partial charge on any atom is -0.389 e. The van der Waals surface area contributed by atoms with Crippen LogP contribution in [0.15, 0.2) is 0 Å². The lowest BCUT2D eigenvalue weighted by Crippen LogP contribution is -2.57. The van der Waals surface area contributed by atoms with Gasteiger partial charge in [-0.3, -0.25) is 9.59 Å². The molecule has 3 saturated heterocycles. The van der Waals surface area contributed by atoms with Gasteiger partial charge >= 0.3 is 0 Å². The van der Waals surface area contributed by atoms with Gasteiger partial charge in [-0.05, 0) is 32.1 Å². The van der Waals surface area contributed by atoms with Gasteiger partial charge in [-0.2, -0.15) is 0 Å². The fraction of sp³-hybridized carbons (Fsp3) is 0.895. The molecule has 0 radical (unpaired) electrons. The molecule has 0 aliphatic carbocycles. The second-order valence-electron chi connectivity index (χ2n) is 7.68. The second-order valence-corrected chi connectivity index (χ2v) is 7.68. The molecule has 1 N–H and O–H groups in total. The van der Waals surface area contributed by atoms with Gasteiger partial charge in [0.1, 0.15) is 6.10 Å². The topological polar surface area (TPSA) is 79.3 Å². The first-order valence-electron chi connectivity index (χ1n) is 10.1. The van der Waals surface area contributed by atoms with Gasteiger partial charge in [-0.25, -0.2) is 0 Å². The Kier molecular flexibility index (Phi) is 6.89. The summed E-state index contributed by atoms with van der Waals surface area (Å²) in [4.78, 5) is 28.6. The molecular formula is C19H32N2O5. The molecule has 4 atom stereocenters. The van der Waals surface area contributed by atoms with E-state index in [0.29, 0.717) is 19.4 Å². The predicted octanol–water partition coefficient (Wildman–Crippen LogP) is 0.935. The number of rotatable bonds is 3. The number of aliphatic hydroxyl groups is 1. The molecule has 148 valence electrons. The average molecular weight is 368 g/mol. The molecule has 0 aromatic rings. The van der Waals surface area contributed by atoms with Crippen LogP contribution in [-0.4, -0.2) is 83.9 Å². The summed E-state index contributed by atoms with van der Waals surface area (Å²) in [6, 6.07) is -0.0845. The normalized spacial score (nSPS) is 33.2. The third-order valence-electron chi connectivity index (χ3n) is 5.71. The third kappa shape index (κ3) is 4.75. The molecule has 7 nitrogen and oxygen atoms in total. The van der Waals surface area contributed by atoms with Crippen LogP contribution in [0.25, 0.3) is 0 Å². The van der Waals surface area contributed by atoms with Crippen LogP contribution in [0.5, 0.6) is 0 Å². The van der Waals surface area contributed by atoms with E-state index in [1.807, 2.05) is 11.8 Å². The molecule has 3 rings (SSSR count). The van der Waals surface area contributed by atoms with Crippen molar-refractivity contribution in [2.75, 3.05) is 32.8 Å². The lowest BCUT2D eigenvalue weighted by molar-refractivity contribution is -0.170. The molecule has 26 heavy (non-hydrogen) atoms. The maximum absolute atomic E-state index is 12.5. The first-order chi connectivity index (χ1) is 12.6. The number of aliphatic hydroxyl groups excluding tert-OH is 1.